The van der Waals surface area contributed by atoms with Crippen LogP contribution in [0, 0.1) is 0 Å². The number of carbonyl (C=O) groups excluding carboxylic acids is 2. The van der Waals surface area contributed by atoms with Crippen molar-refractivity contribution >= 4 is 25.7 Å². The van der Waals surface area contributed by atoms with E-state index in [1.165, 1.54) is 77.0 Å². The summed E-state index contributed by atoms with van der Waals surface area (Å²) in [4.78, 5) is 45.8. The molecule has 0 heterocycles. The van der Waals surface area contributed by atoms with E-state index in [2.05, 4.69) is 67.0 Å². The molecule has 0 amide bonds. The minimum absolute atomic E-state index is 0.0974. The normalized spacial score (nSPS) is 14.4. The van der Waals surface area contributed by atoms with E-state index in [4.69, 9.17) is 24.8 Å². The fourth-order valence-corrected chi connectivity index (χ4v) is 6.00. The predicted octanol–water partition coefficient (Wildman–Crippen LogP) is 10.8. The second-order valence-electron chi connectivity index (χ2n) is 13.8. The first-order valence-electron chi connectivity index (χ1n) is 20.8. The molecule has 0 saturated heterocycles. The Morgan fingerprint density at radius 3 is 1.51 bits per heavy atom. The number of hydrogen-bond donors (Lipinski definition) is 3. The van der Waals surface area contributed by atoms with Crippen LogP contribution in [0.3, 0.4) is 0 Å². The molecule has 1 unspecified atom stereocenters. The summed E-state index contributed by atoms with van der Waals surface area (Å²) in [6, 6.07) is -1.53. The summed E-state index contributed by atoms with van der Waals surface area (Å²) in [6.45, 7) is 2.68. The van der Waals surface area contributed by atoms with Crippen LogP contribution in [-0.4, -0.2) is 59.9 Å². The van der Waals surface area contributed by atoms with Crippen molar-refractivity contribution in [2.45, 2.75) is 174 Å². The van der Waals surface area contributed by atoms with Crippen molar-refractivity contribution in [3.05, 3.63) is 60.8 Å². The van der Waals surface area contributed by atoms with Gasteiger partial charge in [-0.3, -0.25) is 23.4 Å². The molecule has 0 aliphatic carbocycles. The summed E-state index contributed by atoms with van der Waals surface area (Å²) < 4.78 is 32.5. The highest BCUT2D eigenvalue weighted by Crippen LogP contribution is 2.43. The first kappa shape index (κ1) is 52.2. The number of carbonyl (C=O) groups is 3. The zero-order valence-electron chi connectivity index (χ0n) is 34.0. The fourth-order valence-electron chi connectivity index (χ4n) is 5.22. The Bertz CT molecular complexity index is 1170. The van der Waals surface area contributed by atoms with Crippen LogP contribution in [0.5, 0.6) is 0 Å². The van der Waals surface area contributed by atoms with E-state index in [0.29, 0.717) is 12.8 Å². The number of ether oxygens (including phenoxy) is 2. The van der Waals surface area contributed by atoms with Gasteiger partial charge in [0.1, 0.15) is 12.6 Å². The Morgan fingerprint density at radius 2 is 1.00 bits per heavy atom. The summed E-state index contributed by atoms with van der Waals surface area (Å²) in [7, 11) is -4.73. The molecule has 11 nitrogen and oxygen atoms in total. The predicted molar refractivity (Wildman–Crippen MR) is 221 cm³/mol. The van der Waals surface area contributed by atoms with Crippen molar-refractivity contribution in [1.82, 2.24) is 0 Å². The van der Waals surface area contributed by atoms with E-state index >= 15 is 0 Å². The maximum atomic E-state index is 12.6. The monoisotopic (exact) mass is 796 g/mol. The summed E-state index contributed by atoms with van der Waals surface area (Å²) in [6.07, 6.45) is 43.0. The standard InChI is InChI=1S/C43H74NO10P/c1-3-5-7-9-11-13-15-17-18-19-20-21-22-23-25-26-28-30-32-34-41(45)51-36-39(37-52-55(49,50)53-38-40(44)43(47)48)54-42(46)35-33-31-29-27-24-16-14-12-10-8-6-4-2/h11,13,17-18,20-21,23,25,28,30,39-40H,3-10,12,14-16,19,22,24,26-27,29,31-38,44H2,1-2H3,(H,47,48)(H,49,50)/b13-11+,18-17+,21-20+,25-23+,30-28+/t39-,40+/m0/s1. The first-order chi connectivity index (χ1) is 26.6. The number of esters is 2. The minimum Gasteiger partial charge on any atom is -0.480 e. The summed E-state index contributed by atoms with van der Waals surface area (Å²) in [5.41, 5.74) is 5.32. The maximum Gasteiger partial charge on any atom is 0.472 e. The first-order valence-corrected chi connectivity index (χ1v) is 22.3. The molecule has 55 heavy (non-hydrogen) atoms. The second-order valence-corrected chi connectivity index (χ2v) is 15.2. The Balaban J connectivity index is 4.50. The molecule has 0 aromatic rings. The highest BCUT2D eigenvalue weighted by molar-refractivity contribution is 7.47. The SMILES string of the molecule is CCCCC/C=C/C/C=C/C/C=C/C/C=C/C/C=C/CCC(=O)OC[C@@H](COP(=O)(O)OC[C@@H](N)C(=O)O)OC(=O)CCCCCCCCCCCCCC. The number of aliphatic carboxylic acids is 1. The highest BCUT2D eigenvalue weighted by atomic mass is 31.2. The number of allylic oxidation sites excluding steroid dienone is 10. The lowest BCUT2D eigenvalue weighted by Gasteiger charge is -2.20. The molecular weight excluding hydrogens is 721 g/mol. The Hall–Kier alpha value is -2.82. The lowest BCUT2D eigenvalue weighted by Crippen LogP contribution is -2.34. The van der Waals surface area contributed by atoms with Crippen LogP contribution in [0.15, 0.2) is 60.8 Å². The van der Waals surface area contributed by atoms with E-state index in [1.54, 1.807) is 0 Å². The van der Waals surface area contributed by atoms with E-state index in [9.17, 15) is 23.8 Å². The quantitative estimate of drug-likeness (QED) is 0.0235. The number of unbranched alkanes of at least 4 members (excludes halogenated alkanes) is 14. The van der Waals surface area contributed by atoms with Crippen molar-refractivity contribution < 1.29 is 47.5 Å². The smallest absolute Gasteiger partial charge is 0.472 e. The van der Waals surface area contributed by atoms with E-state index in [-0.39, 0.29) is 19.4 Å². The van der Waals surface area contributed by atoms with Gasteiger partial charge in [0.05, 0.1) is 13.2 Å². The van der Waals surface area contributed by atoms with Gasteiger partial charge >= 0.3 is 25.7 Å². The number of phosphoric acid groups is 1. The van der Waals surface area contributed by atoms with Gasteiger partial charge in [-0.1, -0.05) is 158 Å². The Morgan fingerprint density at radius 1 is 0.564 bits per heavy atom. The second kappa shape index (κ2) is 38.1. The third kappa shape index (κ3) is 37.9. The number of rotatable bonds is 38. The van der Waals surface area contributed by atoms with Crippen LogP contribution < -0.4 is 5.73 Å². The molecule has 316 valence electrons. The van der Waals surface area contributed by atoms with Gasteiger partial charge in [-0.25, -0.2) is 4.57 Å². The molecule has 12 heteroatoms. The molecule has 0 aliphatic rings. The maximum absolute atomic E-state index is 12.6. The molecule has 0 fully saturated rings. The van der Waals surface area contributed by atoms with E-state index < -0.39 is 51.1 Å². The fraction of sp³-hybridized carbons (Fsp3) is 0.698. The van der Waals surface area contributed by atoms with Crippen molar-refractivity contribution in [3.63, 3.8) is 0 Å². The summed E-state index contributed by atoms with van der Waals surface area (Å²) in [5, 5.41) is 8.87. The number of carboxylic acids is 1. The van der Waals surface area contributed by atoms with Gasteiger partial charge in [-0.15, -0.1) is 0 Å². The molecule has 3 atom stereocenters. The topological polar surface area (TPSA) is 172 Å². The largest absolute Gasteiger partial charge is 0.480 e. The van der Waals surface area contributed by atoms with E-state index in [0.717, 1.165) is 44.9 Å². The van der Waals surface area contributed by atoms with Crippen LogP contribution in [0.4, 0.5) is 0 Å². The Labute approximate surface area is 332 Å². The average Bonchev–Trinajstić information content (AvgIpc) is 3.16. The average molecular weight is 796 g/mol. The van der Waals surface area contributed by atoms with Crippen LogP contribution in [0.1, 0.15) is 162 Å². The lowest BCUT2D eigenvalue weighted by molar-refractivity contribution is -0.161. The third-order valence-corrected chi connectivity index (χ3v) is 9.48. The zero-order chi connectivity index (χ0) is 40.7. The van der Waals surface area contributed by atoms with Gasteiger partial charge in [0, 0.05) is 12.8 Å². The zero-order valence-corrected chi connectivity index (χ0v) is 34.9. The van der Waals surface area contributed by atoms with Gasteiger partial charge in [0.15, 0.2) is 6.10 Å². The van der Waals surface area contributed by atoms with E-state index in [1.807, 2.05) is 12.2 Å². The van der Waals surface area contributed by atoms with Gasteiger partial charge in [0.25, 0.3) is 0 Å². The summed E-state index contributed by atoms with van der Waals surface area (Å²) >= 11 is 0. The van der Waals surface area contributed by atoms with Gasteiger partial charge in [-0.05, 0) is 51.4 Å². The number of nitrogens with two attached hydrogens (primary N) is 1. The number of carboxylic acid groups (broad SMARTS) is 1. The van der Waals surface area contributed by atoms with Crippen molar-refractivity contribution in [3.8, 4) is 0 Å². The number of hydrogen-bond acceptors (Lipinski definition) is 9. The van der Waals surface area contributed by atoms with Crippen LogP contribution >= 0.6 is 7.82 Å². The molecule has 4 N–H and O–H groups in total. The van der Waals surface area contributed by atoms with Crippen molar-refractivity contribution in [2.75, 3.05) is 19.8 Å². The molecule has 0 aromatic heterocycles. The van der Waals surface area contributed by atoms with Crippen molar-refractivity contribution in [1.29, 1.82) is 0 Å². The minimum atomic E-state index is -4.73. The van der Waals surface area contributed by atoms with Crippen molar-refractivity contribution in [2.24, 2.45) is 5.73 Å². The molecule has 0 aliphatic heterocycles. The Kier molecular flexibility index (Phi) is 36.1. The van der Waals surface area contributed by atoms with Crippen LogP contribution in [0.25, 0.3) is 0 Å². The lowest BCUT2D eigenvalue weighted by atomic mass is 10.0. The molecule has 0 saturated carbocycles. The molecule has 0 spiro atoms. The van der Waals surface area contributed by atoms with Crippen LogP contribution in [-0.2, 0) is 37.5 Å². The third-order valence-electron chi connectivity index (χ3n) is 8.53. The highest BCUT2D eigenvalue weighted by Gasteiger charge is 2.28. The molecule has 0 aromatic carbocycles. The van der Waals surface area contributed by atoms with Gasteiger partial charge in [0.2, 0.25) is 0 Å². The van der Waals surface area contributed by atoms with Gasteiger partial charge < -0.3 is 25.2 Å². The van der Waals surface area contributed by atoms with Crippen LogP contribution in [0.2, 0.25) is 0 Å². The molecular formula is C43H74NO10P. The molecule has 0 rings (SSSR count). The summed E-state index contributed by atoms with van der Waals surface area (Å²) in [5.74, 6) is -2.49. The number of phosphoric ester groups is 1. The molecule has 0 bridgehead atoms. The van der Waals surface area contributed by atoms with Gasteiger partial charge in [-0.2, -0.15) is 0 Å². The molecule has 0 radical (unpaired) electrons.